The highest BCUT2D eigenvalue weighted by molar-refractivity contribution is 7.22. The molecule has 0 spiro atoms. The zero-order valence-corrected chi connectivity index (χ0v) is 23.1. The minimum atomic E-state index is 0.349. The molecule has 0 unspecified atom stereocenters. The Balaban J connectivity index is 1.37. The summed E-state index contributed by atoms with van der Waals surface area (Å²) in [6, 6.07) is 13.1. The molecule has 6 heteroatoms. The van der Waals surface area contributed by atoms with Gasteiger partial charge in [0, 0.05) is 27.6 Å². The van der Waals surface area contributed by atoms with Crippen LogP contribution in [0.1, 0.15) is 64.5 Å². The average Bonchev–Trinajstić information content (AvgIpc) is 3.52. The van der Waals surface area contributed by atoms with Gasteiger partial charge in [0.2, 0.25) is 0 Å². The van der Waals surface area contributed by atoms with E-state index >= 15 is 0 Å². The van der Waals surface area contributed by atoms with Gasteiger partial charge in [0.05, 0.1) is 21.8 Å². The summed E-state index contributed by atoms with van der Waals surface area (Å²) >= 11 is 1.77. The van der Waals surface area contributed by atoms with Crippen LogP contribution in [0.2, 0.25) is 0 Å². The first-order valence-electron chi connectivity index (χ1n) is 13.0. The number of fused-ring (bicyclic) bond motifs is 6. The second kappa shape index (κ2) is 9.10. The van der Waals surface area contributed by atoms with Crippen LogP contribution in [0, 0.1) is 5.92 Å². The minimum Gasteiger partial charge on any atom is -0.488 e. The maximum atomic E-state index is 6.28. The van der Waals surface area contributed by atoms with Gasteiger partial charge in [0.1, 0.15) is 30.5 Å². The van der Waals surface area contributed by atoms with E-state index in [1.165, 1.54) is 26.2 Å². The lowest BCUT2D eigenvalue weighted by Gasteiger charge is -2.26. The fraction of sp³-hybridized carbons (Fsp3) is 0.323. The van der Waals surface area contributed by atoms with Gasteiger partial charge in [-0.25, -0.2) is 4.98 Å². The van der Waals surface area contributed by atoms with E-state index in [1.54, 1.807) is 11.3 Å². The number of thiophene rings is 1. The molecular formula is C31H33N3O2S. The number of hydrogen-bond acceptors (Lipinski definition) is 5. The highest BCUT2D eigenvalue weighted by Crippen LogP contribution is 2.47. The van der Waals surface area contributed by atoms with Crippen molar-refractivity contribution < 1.29 is 9.47 Å². The molecule has 0 bridgehead atoms. The molecule has 0 fully saturated rings. The smallest absolute Gasteiger partial charge is 0.147 e. The number of H-pyrrole nitrogens is 1. The minimum absolute atomic E-state index is 0.349. The summed E-state index contributed by atoms with van der Waals surface area (Å²) in [4.78, 5) is 9.55. The second-order valence-corrected chi connectivity index (χ2v) is 11.6. The quantitative estimate of drug-likeness (QED) is 0.283. The van der Waals surface area contributed by atoms with Gasteiger partial charge in [-0.2, -0.15) is 0 Å². The highest BCUT2D eigenvalue weighted by atomic mass is 32.1. The molecule has 4 aromatic rings. The van der Waals surface area contributed by atoms with E-state index in [2.05, 4.69) is 94.3 Å². The fourth-order valence-electron chi connectivity index (χ4n) is 5.08. The SMILES string of the molecule is C/C=C(\NC1=C(C)COc2cc(-c3cc4ccc5c(c4s3)OCc3[nH]c(C(C)C)nc3-5)ccc21)C(C)C. The number of ether oxygens (including phenoxy) is 2. The number of imidazole rings is 1. The zero-order valence-electron chi connectivity index (χ0n) is 22.3. The number of benzene rings is 2. The Bertz CT molecular complexity index is 1590. The van der Waals surface area contributed by atoms with Gasteiger partial charge in [-0.05, 0) is 60.6 Å². The molecule has 37 heavy (non-hydrogen) atoms. The van der Waals surface area contributed by atoms with Crippen molar-refractivity contribution in [2.45, 2.75) is 54.1 Å². The van der Waals surface area contributed by atoms with E-state index in [0.717, 1.165) is 51.1 Å². The highest BCUT2D eigenvalue weighted by Gasteiger charge is 2.26. The van der Waals surface area contributed by atoms with E-state index in [4.69, 9.17) is 14.5 Å². The molecule has 2 aliphatic heterocycles. The largest absolute Gasteiger partial charge is 0.488 e. The topological polar surface area (TPSA) is 59.2 Å². The molecule has 6 rings (SSSR count). The molecule has 190 valence electrons. The summed E-state index contributed by atoms with van der Waals surface area (Å²) in [5, 5.41) is 4.87. The number of allylic oxidation sites excluding steroid dienone is 2. The van der Waals surface area contributed by atoms with Gasteiger partial charge in [-0.15, -0.1) is 11.3 Å². The normalized spacial score (nSPS) is 15.0. The molecule has 0 saturated carbocycles. The summed E-state index contributed by atoms with van der Waals surface area (Å²) in [6.45, 7) is 14.1. The third kappa shape index (κ3) is 4.04. The van der Waals surface area contributed by atoms with Gasteiger partial charge in [-0.3, -0.25) is 0 Å². The third-order valence-electron chi connectivity index (χ3n) is 7.21. The van der Waals surface area contributed by atoms with Crippen LogP contribution in [0.25, 0.3) is 37.5 Å². The maximum absolute atomic E-state index is 6.28. The van der Waals surface area contributed by atoms with Crippen molar-refractivity contribution in [1.29, 1.82) is 0 Å². The molecule has 5 nitrogen and oxygen atoms in total. The number of nitrogens with zero attached hydrogens (tertiary/aromatic N) is 1. The van der Waals surface area contributed by atoms with E-state index in [-0.39, 0.29) is 0 Å². The molecule has 0 radical (unpaired) electrons. The third-order valence-corrected chi connectivity index (χ3v) is 8.41. The van der Waals surface area contributed by atoms with Gasteiger partial charge in [-0.1, -0.05) is 45.9 Å². The van der Waals surface area contributed by atoms with Crippen LogP contribution in [-0.2, 0) is 6.61 Å². The molecular weight excluding hydrogens is 478 g/mol. The molecule has 0 saturated heterocycles. The summed E-state index contributed by atoms with van der Waals surface area (Å²) in [5.41, 5.74) is 9.01. The lowest BCUT2D eigenvalue weighted by molar-refractivity contribution is 0.302. The Hall–Kier alpha value is -3.51. The van der Waals surface area contributed by atoms with E-state index in [0.29, 0.717) is 25.0 Å². The number of nitrogens with one attached hydrogen (secondary N) is 2. The number of aromatic nitrogens is 2. The summed E-state index contributed by atoms with van der Waals surface area (Å²) in [7, 11) is 0. The molecule has 2 N–H and O–H groups in total. The van der Waals surface area contributed by atoms with E-state index in [9.17, 15) is 0 Å². The molecule has 2 aromatic carbocycles. The lowest BCUT2D eigenvalue weighted by atomic mass is 9.99. The van der Waals surface area contributed by atoms with Crippen molar-refractivity contribution in [3.05, 3.63) is 70.8 Å². The predicted molar refractivity (Wildman–Crippen MR) is 153 cm³/mol. The summed E-state index contributed by atoms with van der Waals surface area (Å²) < 4.78 is 13.6. The van der Waals surface area contributed by atoms with Gasteiger partial charge < -0.3 is 19.8 Å². The van der Waals surface area contributed by atoms with Crippen molar-refractivity contribution in [3.63, 3.8) is 0 Å². The van der Waals surface area contributed by atoms with Crippen LogP contribution in [0.5, 0.6) is 11.5 Å². The lowest BCUT2D eigenvalue weighted by Crippen LogP contribution is -2.22. The van der Waals surface area contributed by atoms with E-state index in [1.807, 2.05) is 0 Å². The summed E-state index contributed by atoms with van der Waals surface area (Å²) in [6.07, 6.45) is 2.16. The Labute approximate surface area is 222 Å². The summed E-state index contributed by atoms with van der Waals surface area (Å²) in [5.74, 6) is 3.65. The van der Waals surface area contributed by atoms with Gasteiger partial charge >= 0.3 is 0 Å². The van der Waals surface area contributed by atoms with Crippen molar-refractivity contribution in [3.8, 4) is 33.2 Å². The first-order valence-corrected chi connectivity index (χ1v) is 13.8. The van der Waals surface area contributed by atoms with Crippen LogP contribution in [0.4, 0.5) is 0 Å². The van der Waals surface area contributed by atoms with Crippen molar-refractivity contribution >= 4 is 27.1 Å². The molecule has 2 aliphatic rings. The van der Waals surface area contributed by atoms with Crippen molar-refractivity contribution in [2.24, 2.45) is 5.92 Å². The van der Waals surface area contributed by atoms with Crippen LogP contribution in [0.3, 0.4) is 0 Å². The monoisotopic (exact) mass is 511 g/mol. The van der Waals surface area contributed by atoms with Crippen LogP contribution in [-0.4, -0.2) is 16.6 Å². The maximum Gasteiger partial charge on any atom is 0.147 e. The average molecular weight is 512 g/mol. The van der Waals surface area contributed by atoms with Gasteiger partial charge in [0.15, 0.2) is 0 Å². The van der Waals surface area contributed by atoms with Crippen LogP contribution >= 0.6 is 11.3 Å². The zero-order chi connectivity index (χ0) is 25.8. The number of aromatic amines is 1. The Kier molecular flexibility index (Phi) is 5.87. The van der Waals surface area contributed by atoms with E-state index < -0.39 is 0 Å². The first-order chi connectivity index (χ1) is 17.8. The standard InChI is InChI=1S/C31H33N3O2S/c1-7-23(16(2)3)32-27-18(6)14-35-25-12-19(8-10-21(25)27)26-13-20-9-11-22-28-24(33-31(34-28)17(4)5)15-36-29(22)30(20)37-26/h7-13,16-17,32H,14-15H2,1-6H3,(H,33,34)/b23-7-. The Morgan fingerprint density at radius 1 is 1.05 bits per heavy atom. The molecule has 0 atom stereocenters. The van der Waals surface area contributed by atoms with Crippen LogP contribution in [0.15, 0.2) is 53.7 Å². The number of hydrogen-bond donors (Lipinski definition) is 2. The van der Waals surface area contributed by atoms with Crippen molar-refractivity contribution in [2.75, 3.05) is 6.61 Å². The van der Waals surface area contributed by atoms with Gasteiger partial charge in [0.25, 0.3) is 0 Å². The first kappa shape index (κ1) is 23.9. The Morgan fingerprint density at radius 2 is 1.86 bits per heavy atom. The Morgan fingerprint density at radius 3 is 2.62 bits per heavy atom. The van der Waals surface area contributed by atoms with Crippen molar-refractivity contribution in [1.82, 2.24) is 15.3 Å². The molecule has 2 aromatic heterocycles. The fourth-order valence-corrected chi connectivity index (χ4v) is 6.24. The number of rotatable bonds is 5. The molecule has 0 aliphatic carbocycles. The van der Waals surface area contributed by atoms with Crippen LogP contribution < -0.4 is 14.8 Å². The molecule has 0 amide bonds. The predicted octanol–water partition coefficient (Wildman–Crippen LogP) is 8.25. The second-order valence-electron chi connectivity index (χ2n) is 10.5. The molecule has 4 heterocycles.